The maximum absolute atomic E-state index is 3.55. The fourth-order valence-electron chi connectivity index (χ4n) is 3.09. The molecule has 19 heavy (non-hydrogen) atoms. The van der Waals surface area contributed by atoms with Gasteiger partial charge in [0.25, 0.3) is 0 Å². The molecule has 0 saturated carbocycles. The van der Waals surface area contributed by atoms with Crippen molar-refractivity contribution in [2.75, 3.05) is 26.2 Å². The maximum Gasteiger partial charge on any atom is 0.0221 e. The SMILES string of the molecule is CCCN(CC(C)c1ccccc1)C1CCCNC1. The van der Waals surface area contributed by atoms with Gasteiger partial charge in [-0.25, -0.2) is 0 Å². The minimum Gasteiger partial charge on any atom is -0.315 e. The van der Waals surface area contributed by atoms with Crippen LogP contribution < -0.4 is 5.32 Å². The minimum absolute atomic E-state index is 0.620. The molecule has 106 valence electrons. The molecule has 2 atom stereocenters. The van der Waals surface area contributed by atoms with Crippen molar-refractivity contribution in [1.82, 2.24) is 10.2 Å². The average molecular weight is 260 g/mol. The largest absolute Gasteiger partial charge is 0.315 e. The predicted octanol–water partition coefficient (Wildman–Crippen LogP) is 3.25. The van der Waals surface area contributed by atoms with Gasteiger partial charge >= 0.3 is 0 Å². The van der Waals surface area contributed by atoms with Crippen molar-refractivity contribution < 1.29 is 0 Å². The zero-order chi connectivity index (χ0) is 13.5. The van der Waals surface area contributed by atoms with Crippen molar-refractivity contribution in [3.8, 4) is 0 Å². The lowest BCUT2D eigenvalue weighted by Crippen LogP contribution is -2.47. The molecule has 1 heterocycles. The van der Waals surface area contributed by atoms with Crippen molar-refractivity contribution in [2.45, 2.75) is 45.1 Å². The van der Waals surface area contributed by atoms with Crippen LogP contribution in [0.5, 0.6) is 0 Å². The fraction of sp³-hybridized carbons (Fsp3) is 0.647. The fourth-order valence-corrected chi connectivity index (χ4v) is 3.09. The van der Waals surface area contributed by atoms with Gasteiger partial charge in [0.1, 0.15) is 0 Å². The van der Waals surface area contributed by atoms with Crippen LogP contribution in [0.25, 0.3) is 0 Å². The standard InChI is InChI=1S/C17H28N2/c1-3-12-19(17-10-7-11-18-13-17)14-15(2)16-8-5-4-6-9-16/h4-6,8-9,15,17-18H,3,7,10-14H2,1-2H3. The van der Waals surface area contributed by atoms with Gasteiger partial charge in [0.2, 0.25) is 0 Å². The van der Waals surface area contributed by atoms with Crippen LogP contribution in [0.3, 0.4) is 0 Å². The Morgan fingerprint density at radius 3 is 2.74 bits per heavy atom. The second-order valence-corrected chi connectivity index (χ2v) is 5.81. The Morgan fingerprint density at radius 2 is 2.11 bits per heavy atom. The van der Waals surface area contributed by atoms with Gasteiger partial charge in [-0.05, 0) is 43.8 Å². The zero-order valence-electron chi connectivity index (χ0n) is 12.4. The van der Waals surface area contributed by atoms with Crippen LogP contribution in [0.15, 0.2) is 30.3 Å². The summed E-state index contributed by atoms with van der Waals surface area (Å²) in [6.45, 7) is 9.42. The van der Waals surface area contributed by atoms with E-state index in [1.54, 1.807) is 0 Å². The number of hydrogen-bond donors (Lipinski definition) is 1. The number of piperidine rings is 1. The van der Waals surface area contributed by atoms with Crippen LogP contribution in [-0.4, -0.2) is 37.1 Å². The van der Waals surface area contributed by atoms with E-state index in [0.29, 0.717) is 5.92 Å². The number of rotatable bonds is 6. The van der Waals surface area contributed by atoms with Crippen molar-refractivity contribution in [3.05, 3.63) is 35.9 Å². The number of benzene rings is 1. The molecular weight excluding hydrogens is 232 g/mol. The number of nitrogens with one attached hydrogen (secondary N) is 1. The number of nitrogens with zero attached hydrogens (tertiary/aromatic N) is 1. The van der Waals surface area contributed by atoms with Gasteiger partial charge in [-0.1, -0.05) is 44.2 Å². The molecule has 0 radical (unpaired) electrons. The highest BCUT2D eigenvalue weighted by Gasteiger charge is 2.22. The Hall–Kier alpha value is -0.860. The highest BCUT2D eigenvalue weighted by atomic mass is 15.2. The molecule has 1 fully saturated rings. The molecule has 0 spiro atoms. The summed E-state index contributed by atoms with van der Waals surface area (Å²) in [6, 6.07) is 11.7. The van der Waals surface area contributed by atoms with Crippen molar-refractivity contribution in [3.63, 3.8) is 0 Å². The molecule has 1 aromatic rings. The molecule has 0 bridgehead atoms. The Labute approximate surface area is 118 Å². The third kappa shape index (κ3) is 4.32. The van der Waals surface area contributed by atoms with E-state index in [0.717, 1.165) is 6.04 Å². The van der Waals surface area contributed by atoms with Crippen LogP contribution in [0, 0.1) is 0 Å². The molecule has 2 nitrogen and oxygen atoms in total. The number of hydrogen-bond acceptors (Lipinski definition) is 2. The first-order valence-electron chi connectivity index (χ1n) is 7.81. The van der Waals surface area contributed by atoms with Crippen molar-refractivity contribution in [1.29, 1.82) is 0 Å². The van der Waals surface area contributed by atoms with Crippen LogP contribution in [-0.2, 0) is 0 Å². The molecule has 0 aromatic heterocycles. The normalized spacial score (nSPS) is 21.5. The molecular formula is C17H28N2. The lowest BCUT2D eigenvalue weighted by Gasteiger charge is -2.36. The van der Waals surface area contributed by atoms with E-state index in [-0.39, 0.29) is 0 Å². The summed E-state index contributed by atoms with van der Waals surface area (Å²) in [5.74, 6) is 0.620. The van der Waals surface area contributed by atoms with Crippen LogP contribution >= 0.6 is 0 Å². The lowest BCUT2D eigenvalue weighted by atomic mass is 9.98. The molecule has 2 rings (SSSR count). The average Bonchev–Trinajstić information content (AvgIpc) is 2.48. The Balaban J connectivity index is 1.95. The van der Waals surface area contributed by atoms with E-state index in [1.807, 2.05) is 0 Å². The van der Waals surface area contributed by atoms with Gasteiger partial charge in [-0.15, -0.1) is 0 Å². The molecule has 0 amide bonds. The Kier molecular flexibility index (Phi) is 5.87. The topological polar surface area (TPSA) is 15.3 Å². The van der Waals surface area contributed by atoms with Gasteiger partial charge in [0, 0.05) is 19.1 Å². The summed E-state index contributed by atoms with van der Waals surface area (Å²) < 4.78 is 0. The molecule has 1 N–H and O–H groups in total. The van der Waals surface area contributed by atoms with Gasteiger partial charge in [-0.2, -0.15) is 0 Å². The molecule has 1 aliphatic rings. The second kappa shape index (κ2) is 7.66. The molecule has 1 saturated heterocycles. The van der Waals surface area contributed by atoms with Crippen LogP contribution in [0.4, 0.5) is 0 Å². The predicted molar refractivity (Wildman–Crippen MR) is 82.6 cm³/mol. The third-order valence-corrected chi connectivity index (χ3v) is 4.18. The van der Waals surface area contributed by atoms with Crippen LogP contribution in [0.1, 0.15) is 44.6 Å². The highest BCUT2D eigenvalue weighted by Crippen LogP contribution is 2.19. The van der Waals surface area contributed by atoms with Gasteiger partial charge in [-0.3, -0.25) is 4.90 Å². The summed E-state index contributed by atoms with van der Waals surface area (Å²) in [4.78, 5) is 2.70. The smallest absolute Gasteiger partial charge is 0.0221 e. The van der Waals surface area contributed by atoms with Gasteiger partial charge in [0.15, 0.2) is 0 Å². The Morgan fingerprint density at radius 1 is 1.32 bits per heavy atom. The summed E-state index contributed by atoms with van der Waals surface area (Å²) in [5, 5.41) is 3.55. The lowest BCUT2D eigenvalue weighted by molar-refractivity contribution is 0.158. The molecule has 2 heteroatoms. The quantitative estimate of drug-likeness (QED) is 0.844. The van der Waals surface area contributed by atoms with E-state index in [4.69, 9.17) is 0 Å². The molecule has 2 unspecified atom stereocenters. The first-order chi connectivity index (χ1) is 9.31. The van der Waals surface area contributed by atoms with Gasteiger partial charge < -0.3 is 5.32 Å². The van der Waals surface area contributed by atoms with E-state index in [1.165, 1.54) is 51.0 Å². The first kappa shape index (κ1) is 14.5. The zero-order valence-corrected chi connectivity index (χ0v) is 12.4. The Bertz CT molecular complexity index is 344. The van der Waals surface area contributed by atoms with Gasteiger partial charge in [0.05, 0.1) is 0 Å². The maximum atomic E-state index is 3.55. The molecule has 0 aliphatic carbocycles. The monoisotopic (exact) mass is 260 g/mol. The summed E-state index contributed by atoms with van der Waals surface area (Å²) in [6.07, 6.45) is 3.93. The summed E-state index contributed by atoms with van der Waals surface area (Å²) in [5.41, 5.74) is 1.47. The van der Waals surface area contributed by atoms with Crippen molar-refractivity contribution in [2.24, 2.45) is 0 Å². The highest BCUT2D eigenvalue weighted by molar-refractivity contribution is 5.19. The third-order valence-electron chi connectivity index (χ3n) is 4.18. The van der Waals surface area contributed by atoms with E-state index >= 15 is 0 Å². The van der Waals surface area contributed by atoms with E-state index in [2.05, 4.69) is 54.4 Å². The molecule has 1 aromatic carbocycles. The van der Waals surface area contributed by atoms with Crippen molar-refractivity contribution >= 4 is 0 Å². The summed E-state index contributed by atoms with van der Waals surface area (Å²) in [7, 11) is 0. The second-order valence-electron chi connectivity index (χ2n) is 5.81. The van der Waals surface area contributed by atoms with E-state index in [9.17, 15) is 0 Å². The summed E-state index contributed by atoms with van der Waals surface area (Å²) >= 11 is 0. The minimum atomic E-state index is 0.620. The molecule has 1 aliphatic heterocycles. The van der Waals surface area contributed by atoms with Crippen LogP contribution in [0.2, 0.25) is 0 Å². The first-order valence-corrected chi connectivity index (χ1v) is 7.81. The van der Waals surface area contributed by atoms with E-state index < -0.39 is 0 Å².